The molecule has 0 aliphatic heterocycles. The fraction of sp³-hybridized carbons (Fsp3) is 0.176. The van der Waals surface area contributed by atoms with Crippen LogP contribution in [0.1, 0.15) is 12.5 Å². The topological polar surface area (TPSA) is 75.4 Å². The molecule has 2 N–H and O–H groups in total. The van der Waals surface area contributed by atoms with Crippen molar-refractivity contribution in [3.8, 4) is 16.9 Å². The van der Waals surface area contributed by atoms with Crippen molar-refractivity contribution in [3.05, 3.63) is 58.5 Å². The highest BCUT2D eigenvalue weighted by Crippen LogP contribution is 2.32. The van der Waals surface area contributed by atoms with E-state index < -0.39 is 5.56 Å². The largest absolute Gasteiger partial charge is 0.506 e. The highest BCUT2D eigenvalue weighted by Gasteiger charge is 2.19. The molecule has 0 bridgehead atoms. The summed E-state index contributed by atoms with van der Waals surface area (Å²) in [6.45, 7) is 2.01. The average molecular weight is 375 g/mol. The van der Waals surface area contributed by atoms with Crippen LogP contribution in [0.25, 0.3) is 22.2 Å². The molecule has 1 aromatic carbocycles. The zero-order chi connectivity index (χ0) is 16.6. The van der Waals surface area contributed by atoms with Gasteiger partial charge in [-0.1, -0.05) is 53.2 Å². The molecule has 1 atom stereocenters. The first-order chi connectivity index (χ1) is 11.0. The average Bonchev–Trinajstić information content (AvgIpc) is 2.53. The molecule has 5 nitrogen and oxygen atoms in total. The Morgan fingerprint density at radius 3 is 2.65 bits per heavy atom. The van der Waals surface area contributed by atoms with Gasteiger partial charge in [0.1, 0.15) is 5.75 Å². The van der Waals surface area contributed by atoms with E-state index in [1.165, 1.54) is 0 Å². The van der Waals surface area contributed by atoms with Crippen LogP contribution < -0.4 is 5.56 Å². The van der Waals surface area contributed by atoms with Crippen molar-refractivity contribution in [2.24, 2.45) is 0 Å². The fourth-order valence-electron chi connectivity index (χ4n) is 2.58. The van der Waals surface area contributed by atoms with Crippen molar-refractivity contribution in [1.82, 2.24) is 9.71 Å². The Hall–Kier alpha value is -2.34. The van der Waals surface area contributed by atoms with Gasteiger partial charge in [-0.2, -0.15) is 0 Å². The van der Waals surface area contributed by atoms with Crippen LogP contribution >= 0.6 is 15.9 Å². The maximum Gasteiger partial charge on any atom is 0.296 e. The molecular formula is C17H15BrN2O3. The molecular weight excluding hydrogens is 360 g/mol. The minimum atomic E-state index is -0.699. The number of hydrogen-bond donors (Lipinski definition) is 2. The zero-order valence-electron chi connectivity index (χ0n) is 12.4. The summed E-state index contributed by atoms with van der Waals surface area (Å²) in [7, 11) is 0. The van der Waals surface area contributed by atoms with E-state index in [4.69, 9.17) is 0 Å². The van der Waals surface area contributed by atoms with Crippen LogP contribution in [0.5, 0.6) is 5.75 Å². The van der Waals surface area contributed by atoms with Crippen molar-refractivity contribution in [2.75, 3.05) is 0 Å². The minimum Gasteiger partial charge on any atom is -0.506 e. The van der Waals surface area contributed by atoms with Crippen molar-refractivity contribution < 1.29 is 10.3 Å². The van der Waals surface area contributed by atoms with Crippen LogP contribution in [0.15, 0.2) is 47.4 Å². The number of rotatable bonds is 3. The van der Waals surface area contributed by atoms with E-state index >= 15 is 0 Å². The summed E-state index contributed by atoms with van der Waals surface area (Å²) in [5.74, 6) is -0.168. The van der Waals surface area contributed by atoms with Crippen molar-refractivity contribution >= 4 is 27.0 Å². The van der Waals surface area contributed by atoms with Gasteiger partial charge in [0.15, 0.2) is 5.65 Å². The summed E-state index contributed by atoms with van der Waals surface area (Å²) in [6, 6.07) is 10.5. The number of aromatic hydroxyl groups is 1. The molecule has 1 unspecified atom stereocenters. The molecule has 118 valence electrons. The Morgan fingerprint density at radius 1 is 1.30 bits per heavy atom. The summed E-state index contributed by atoms with van der Waals surface area (Å²) in [4.78, 5) is 16.7. The number of aromatic nitrogens is 2. The SMILES string of the molecule is CC(Br)Cc1cnc2c(c1)c(O)c(-c1ccccc1)c(=O)n2O. The second-order valence-corrected chi connectivity index (χ2v) is 6.97. The third-order valence-corrected chi connectivity index (χ3v) is 3.93. The van der Waals surface area contributed by atoms with E-state index in [9.17, 15) is 15.1 Å². The molecule has 6 heteroatoms. The summed E-state index contributed by atoms with van der Waals surface area (Å²) >= 11 is 3.48. The van der Waals surface area contributed by atoms with E-state index in [-0.39, 0.29) is 21.8 Å². The molecule has 2 aromatic heterocycles. The third-order valence-electron chi connectivity index (χ3n) is 3.60. The van der Waals surface area contributed by atoms with Crippen LogP contribution in [-0.2, 0) is 6.42 Å². The Bertz CT molecular complexity index is 921. The van der Waals surface area contributed by atoms with Crippen molar-refractivity contribution in [3.63, 3.8) is 0 Å². The van der Waals surface area contributed by atoms with Crippen LogP contribution in [0.2, 0.25) is 0 Å². The van der Waals surface area contributed by atoms with Crippen LogP contribution in [0, 0.1) is 0 Å². The Balaban J connectivity index is 2.32. The highest BCUT2D eigenvalue weighted by atomic mass is 79.9. The molecule has 0 saturated heterocycles. The van der Waals surface area contributed by atoms with Gasteiger partial charge in [-0.3, -0.25) is 4.79 Å². The predicted octanol–water partition coefficient (Wildman–Crippen LogP) is 3.33. The second kappa shape index (κ2) is 6.04. The maximum atomic E-state index is 12.4. The lowest BCUT2D eigenvalue weighted by Gasteiger charge is -2.11. The molecule has 0 saturated carbocycles. The number of fused-ring (bicyclic) bond motifs is 1. The van der Waals surface area contributed by atoms with Gasteiger partial charge in [-0.15, -0.1) is 4.73 Å². The number of alkyl halides is 1. The third kappa shape index (κ3) is 2.82. The molecule has 0 radical (unpaired) electrons. The van der Waals surface area contributed by atoms with Gasteiger partial charge in [0.05, 0.1) is 10.9 Å². The van der Waals surface area contributed by atoms with E-state index in [2.05, 4.69) is 20.9 Å². The summed E-state index contributed by atoms with van der Waals surface area (Å²) in [6.07, 6.45) is 2.31. The Morgan fingerprint density at radius 2 is 2.00 bits per heavy atom. The number of pyridine rings is 2. The van der Waals surface area contributed by atoms with Gasteiger partial charge >= 0.3 is 0 Å². The van der Waals surface area contributed by atoms with Gasteiger partial charge in [0, 0.05) is 11.0 Å². The van der Waals surface area contributed by atoms with Gasteiger partial charge < -0.3 is 10.3 Å². The second-order valence-electron chi connectivity index (χ2n) is 5.41. The number of benzene rings is 1. The first-order valence-electron chi connectivity index (χ1n) is 7.14. The van der Waals surface area contributed by atoms with E-state index in [0.717, 1.165) is 5.56 Å². The van der Waals surface area contributed by atoms with Gasteiger partial charge in [-0.25, -0.2) is 4.98 Å². The lowest BCUT2D eigenvalue weighted by molar-refractivity contribution is 0.186. The monoisotopic (exact) mass is 374 g/mol. The summed E-state index contributed by atoms with van der Waals surface area (Å²) in [5, 5.41) is 21.1. The van der Waals surface area contributed by atoms with Crippen LogP contribution in [0.3, 0.4) is 0 Å². The van der Waals surface area contributed by atoms with Crippen LogP contribution in [0.4, 0.5) is 0 Å². The lowest BCUT2D eigenvalue weighted by atomic mass is 10.0. The molecule has 0 amide bonds. The maximum absolute atomic E-state index is 12.4. The molecule has 0 fully saturated rings. The first-order valence-corrected chi connectivity index (χ1v) is 8.06. The molecule has 3 rings (SSSR count). The lowest BCUT2D eigenvalue weighted by Crippen LogP contribution is -2.21. The molecule has 23 heavy (non-hydrogen) atoms. The quantitative estimate of drug-likeness (QED) is 0.544. The van der Waals surface area contributed by atoms with Crippen molar-refractivity contribution in [2.45, 2.75) is 18.2 Å². The first kappa shape index (κ1) is 15.6. The van der Waals surface area contributed by atoms with E-state index in [1.807, 2.05) is 13.0 Å². The fourth-order valence-corrected chi connectivity index (χ4v) is 2.96. The standard InChI is InChI=1S/C17H15BrN2O3/c1-10(18)7-11-8-13-15(21)14(12-5-3-2-4-6-12)17(22)20(23)16(13)19-9-11/h2-6,8-10,21,23H,7H2,1H3. The van der Waals surface area contributed by atoms with Crippen LogP contribution in [-0.4, -0.2) is 24.9 Å². The smallest absolute Gasteiger partial charge is 0.296 e. The van der Waals surface area contributed by atoms with E-state index in [0.29, 0.717) is 22.1 Å². The molecule has 0 aliphatic carbocycles. The zero-order valence-corrected chi connectivity index (χ0v) is 14.0. The number of halogens is 1. The van der Waals surface area contributed by atoms with E-state index in [1.54, 1.807) is 36.5 Å². The van der Waals surface area contributed by atoms with Crippen molar-refractivity contribution in [1.29, 1.82) is 0 Å². The minimum absolute atomic E-state index is 0.0400. The Labute approximate surface area is 140 Å². The molecule has 0 aliphatic rings. The number of nitrogens with zero attached hydrogens (tertiary/aromatic N) is 2. The summed E-state index contributed by atoms with van der Waals surface area (Å²) < 4.78 is 0.485. The molecule has 0 spiro atoms. The molecule has 3 aromatic rings. The highest BCUT2D eigenvalue weighted by molar-refractivity contribution is 9.09. The molecule has 2 heterocycles. The van der Waals surface area contributed by atoms with Gasteiger partial charge in [0.2, 0.25) is 0 Å². The number of hydrogen-bond acceptors (Lipinski definition) is 4. The van der Waals surface area contributed by atoms with Gasteiger partial charge in [-0.05, 0) is 23.6 Å². The predicted molar refractivity (Wildman–Crippen MR) is 92.4 cm³/mol. The normalized spacial score (nSPS) is 12.4. The van der Waals surface area contributed by atoms with Gasteiger partial charge in [0.25, 0.3) is 5.56 Å². The summed E-state index contributed by atoms with van der Waals surface area (Å²) in [5.41, 5.74) is 0.841. The Kier molecular flexibility index (Phi) is 4.09.